The Hall–Kier alpha value is -2.07. The van der Waals surface area contributed by atoms with E-state index >= 15 is 0 Å². The molecule has 0 saturated carbocycles. The Morgan fingerprint density at radius 1 is 0.974 bits per heavy atom. The summed E-state index contributed by atoms with van der Waals surface area (Å²) in [7, 11) is 0. The van der Waals surface area contributed by atoms with E-state index in [1.54, 1.807) is 0 Å². The molecular weight excluding hydrogens is 524 g/mol. The highest BCUT2D eigenvalue weighted by atomic mass is 16.8. The first-order chi connectivity index (χ1) is 17.5. The molecule has 2 heterocycles. The molecule has 0 aromatic rings. The van der Waals surface area contributed by atoms with E-state index in [-0.39, 0.29) is 0 Å². The van der Waals surface area contributed by atoms with E-state index in [2.05, 4.69) is 5.32 Å². The number of nitrogens with one attached hydrogen (secondary N) is 1. The van der Waals surface area contributed by atoms with Gasteiger partial charge in [-0.1, -0.05) is 0 Å². The number of carboxylic acid groups (broad SMARTS) is 1. The molecule has 0 unspecified atom stereocenters. The van der Waals surface area contributed by atoms with Crippen molar-refractivity contribution < 1.29 is 79.7 Å². The number of amides is 1. The molecule has 0 aliphatic carbocycles. The van der Waals surface area contributed by atoms with E-state index in [1.807, 2.05) is 0 Å². The lowest BCUT2D eigenvalue weighted by Crippen LogP contribution is -2.70. The molecule has 12 atom stereocenters. The van der Waals surface area contributed by atoms with Crippen LogP contribution >= 0.6 is 0 Å². The fourth-order valence-corrected chi connectivity index (χ4v) is 4.21. The summed E-state index contributed by atoms with van der Waals surface area (Å²) in [5, 5.41) is 102. The van der Waals surface area contributed by atoms with Crippen LogP contribution in [0.1, 0.15) is 19.8 Å². The van der Waals surface area contributed by atoms with Crippen LogP contribution in [0.15, 0.2) is 0 Å². The van der Waals surface area contributed by atoms with Crippen LogP contribution in [0.25, 0.3) is 0 Å². The molecule has 18 heteroatoms. The zero-order chi connectivity index (χ0) is 29.2. The van der Waals surface area contributed by atoms with Gasteiger partial charge in [0, 0.05) is 13.3 Å². The van der Waals surface area contributed by atoms with Crippen LogP contribution in [-0.4, -0.2) is 155 Å². The van der Waals surface area contributed by atoms with Crippen LogP contribution in [0, 0.1) is 0 Å². The zero-order valence-corrected chi connectivity index (χ0v) is 20.1. The van der Waals surface area contributed by atoms with Crippen LogP contribution in [0.3, 0.4) is 0 Å². The summed E-state index contributed by atoms with van der Waals surface area (Å²) in [6, 6.07) is -3.07. The molecule has 0 radical (unpaired) electrons. The fraction of sp³-hybridized carbons (Fsp3) is 0.850. The first-order valence-corrected chi connectivity index (χ1v) is 11.4. The number of nitrogens with two attached hydrogens (primary N) is 1. The minimum Gasteiger partial charge on any atom is -0.476 e. The van der Waals surface area contributed by atoms with Crippen molar-refractivity contribution in [2.45, 2.75) is 92.3 Å². The van der Waals surface area contributed by atoms with Gasteiger partial charge in [0.05, 0.1) is 43.9 Å². The first kappa shape index (κ1) is 32.1. The predicted octanol–water partition coefficient (Wildman–Crippen LogP) is -7.44. The highest BCUT2D eigenvalue weighted by Gasteiger charge is 2.61. The smallest absolute Gasteiger partial charge is 0.377 e. The monoisotopic (exact) mass is 558 g/mol. The van der Waals surface area contributed by atoms with Gasteiger partial charge in [-0.2, -0.15) is 0 Å². The van der Waals surface area contributed by atoms with Gasteiger partial charge >= 0.3 is 17.7 Å². The molecular formula is C20H34N2O16. The van der Waals surface area contributed by atoms with E-state index in [0.717, 1.165) is 6.92 Å². The van der Waals surface area contributed by atoms with E-state index in [0.29, 0.717) is 0 Å². The Balaban J connectivity index is 2.41. The van der Waals surface area contributed by atoms with E-state index in [4.69, 9.17) is 25.1 Å². The normalized spacial score (nSPS) is 38.9. The van der Waals surface area contributed by atoms with Crippen molar-refractivity contribution in [2.75, 3.05) is 13.2 Å². The third-order valence-corrected chi connectivity index (χ3v) is 6.32. The molecule has 13 N–H and O–H groups in total. The number of carbonyl (C=O) groups is 3. The Labute approximate surface area is 214 Å². The number of hydrogen-bond acceptors (Lipinski definition) is 16. The van der Waals surface area contributed by atoms with Gasteiger partial charge in [0.2, 0.25) is 5.91 Å². The maximum absolute atomic E-state index is 13.0. The maximum atomic E-state index is 13.0. The highest BCUT2D eigenvalue weighted by Crippen LogP contribution is 2.37. The first-order valence-electron chi connectivity index (χ1n) is 11.4. The number of aliphatic hydroxyl groups is 9. The van der Waals surface area contributed by atoms with Crippen LogP contribution in [-0.2, 0) is 28.6 Å². The standard InChI is InChI=1S/C20H34N2O16/c1-6(25)22-12-8(27)3-20(17(32)33,37-16(12)14(31)10(29)5-24)38-18(34)19(35)2-7(26)11(21)15(36-19)13(30)9(28)4-23/h7-16,23-24,26-31,35H,2-5,21H2,1H3,(H,22,25)(H,32,33)/t7-,8-,9+,10+,11+,12+,13+,14+,15+,16+,19-,20+/m0/s1. The highest BCUT2D eigenvalue weighted by molar-refractivity contribution is 5.84. The van der Waals surface area contributed by atoms with Crippen molar-refractivity contribution in [1.82, 2.24) is 5.32 Å². The van der Waals surface area contributed by atoms with Crippen LogP contribution < -0.4 is 11.1 Å². The molecule has 1 amide bonds. The van der Waals surface area contributed by atoms with Crippen molar-refractivity contribution in [3.63, 3.8) is 0 Å². The Morgan fingerprint density at radius 3 is 1.97 bits per heavy atom. The van der Waals surface area contributed by atoms with Gasteiger partial charge in [0.15, 0.2) is 0 Å². The molecule has 2 aliphatic heterocycles. The summed E-state index contributed by atoms with van der Waals surface area (Å²) in [5.74, 6) is -11.2. The summed E-state index contributed by atoms with van der Waals surface area (Å²) in [4.78, 5) is 36.8. The molecule has 0 bridgehead atoms. The minimum absolute atomic E-state index is 0.766. The predicted molar refractivity (Wildman–Crippen MR) is 116 cm³/mol. The van der Waals surface area contributed by atoms with Gasteiger partial charge in [-0.05, 0) is 0 Å². The topological polar surface area (TPSA) is 319 Å². The van der Waals surface area contributed by atoms with Gasteiger partial charge < -0.3 is 76.3 Å². The van der Waals surface area contributed by atoms with Gasteiger partial charge in [0.25, 0.3) is 5.79 Å². The summed E-state index contributed by atoms with van der Waals surface area (Å²) in [6.45, 7) is -1.04. The van der Waals surface area contributed by atoms with Gasteiger partial charge in [-0.25, -0.2) is 9.59 Å². The maximum Gasteiger partial charge on any atom is 0.377 e. The summed E-state index contributed by atoms with van der Waals surface area (Å²) in [5.41, 5.74) is 5.71. The lowest BCUT2D eigenvalue weighted by molar-refractivity contribution is -0.331. The second-order valence-corrected chi connectivity index (χ2v) is 9.22. The number of carboxylic acids is 1. The Bertz CT molecular complexity index is 863. The number of carbonyl (C=O) groups excluding carboxylic acids is 2. The molecule has 2 aliphatic rings. The van der Waals surface area contributed by atoms with Crippen molar-refractivity contribution in [3.8, 4) is 0 Å². The molecule has 2 rings (SSSR count). The minimum atomic E-state index is -3.21. The lowest BCUT2D eigenvalue weighted by atomic mass is 9.88. The molecule has 2 fully saturated rings. The van der Waals surface area contributed by atoms with Crippen LogP contribution in [0.4, 0.5) is 0 Å². The Kier molecular flexibility index (Phi) is 10.5. The fourth-order valence-electron chi connectivity index (χ4n) is 4.21. The quantitative estimate of drug-likeness (QED) is 0.111. The number of esters is 1. The molecule has 220 valence electrons. The largest absolute Gasteiger partial charge is 0.476 e. The third kappa shape index (κ3) is 6.55. The summed E-state index contributed by atoms with van der Waals surface area (Å²) < 4.78 is 15.2. The van der Waals surface area contributed by atoms with Crippen molar-refractivity contribution in [1.29, 1.82) is 0 Å². The van der Waals surface area contributed by atoms with E-state index in [1.165, 1.54) is 0 Å². The number of ether oxygens (including phenoxy) is 3. The van der Waals surface area contributed by atoms with Crippen LogP contribution in [0.2, 0.25) is 0 Å². The molecule has 0 aromatic heterocycles. The van der Waals surface area contributed by atoms with E-state index < -0.39 is 116 Å². The third-order valence-electron chi connectivity index (χ3n) is 6.32. The summed E-state index contributed by atoms with van der Waals surface area (Å²) in [6.07, 6.45) is -17.7. The van der Waals surface area contributed by atoms with Gasteiger partial charge in [0.1, 0.15) is 36.6 Å². The molecule has 2 saturated heterocycles. The average molecular weight is 558 g/mol. The molecule has 18 nitrogen and oxygen atoms in total. The SMILES string of the molecule is CC(=O)N[C@H]1[C@H]([C@H](O)[C@H](O)CO)O[C@](OC(=O)[C@]2(O)C[C@H](O)[C@@H](N)[C@H]([C@H](O)[C@H](O)CO)O2)(C(=O)O)C[C@@H]1O. The van der Waals surface area contributed by atoms with Crippen LogP contribution in [0.5, 0.6) is 0 Å². The Morgan fingerprint density at radius 2 is 1.50 bits per heavy atom. The van der Waals surface area contributed by atoms with Gasteiger partial charge in [-0.3, -0.25) is 4.79 Å². The van der Waals surface area contributed by atoms with Crippen molar-refractivity contribution in [3.05, 3.63) is 0 Å². The van der Waals surface area contributed by atoms with E-state index in [9.17, 15) is 60.3 Å². The second-order valence-electron chi connectivity index (χ2n) is 9.22. The summed E-state index contributed by atoms with van der Waals surface area (Å²) >= 11 is 0. The van der Waals surface area contributed by atoms with Gasteiger partial charge in [-0.15, -0.1) is 0 Å². The molecule has 38 heavy (non-hydrogen) atoms. The lowest BCUT2D eigenvalue weighted by Gasteiger charge is -2.48. The van der Waals surface area contributed by atoms with Crippen molar-refractivity contribution >= 4 is 17.8 Å². The zero-order valence-electron chi connectivity index (χ0n) is 20.1. The molecule has 0 spiro atoms. The number of aliphatic carboxylic acids is 1. The van der Waals surface area contributed by atoms with Crippen molar-refractivity contribution in [2.24, 2.45) is 5.73 Å². The number of aliphatic hydroxyl groups excluding tert-OH is 8. The average Bonchev–Trinajstić information content (AvgIpc) is 2.85. The second kappa shape index (κ2) is 12.4. The number of hydrogen-bond donors (Lipinski definition) is 12. The molecule has 0 aromatic carbocycles. The number of rotatable bonds is 10.